The Labute approximate surface area is 180 Å². The fourth-order valence-electron chi connectivity index (χ4n) is 3.21. The molecule has 2 heterocycles. The molecule has 0 saturated carbocycles. The monoisotopic (exact) mass is 493 g/mol. The third-order valence-corrected chi connectivity index (χ3v) is 4.72. The van der Waals surface area contributed by atoms with Gasteiger partial charge < -0.3 is 19.8 Å². The molecule has 1 aromatic heterocycles. The van der Waals surface area contributed by atoms with Crippen LogP contribution >= 0.6 is 24.0 Å². The molecule has 0 aliphatic carbocycles. The summed E-state index contributed by atoms with van der Waals surface area (Å²) in [6.45, 7) is 15.5. The third kappa shape index (κ3) is 8.37. The van der Waals surface area contributed by atoms with Crippen LogP contribution in [0.25, 0.3) is 0 Å². The summed E-state index contributed by atoms with van der Waals surface area (Å²) in [5.41, 5.74) is 0. The fraction of sp³-hybridized carbons (Fsp3) is 0.737. The molecule has 1 aliphatic rings. The molecule has 0 radical (unpaired) electrons. The van der Waals surface area contributed by atoms with Crippen LogP contribution in [-0.4, -0.2) is 81.3 Å². The van der Waals surface area contributed by atoms with Crippen molar-refractivity contribution in [2.75, 3.05) is 65.6 Å². The number of halogens is 1. The van der Waals surface area contributed by atoms with Crippen molar-refractivity contribution >= 4 is 29.9 Å². The van der Waals surface area contributed by atoms with Crippen molar-refractivity contribution in [2.45, 2.75) is 26.8 Å². The van der Waals surface area contributed by atoms with Gasteiger partial charge in [0.25, 0.3) is 0 Å². The summed E-state index contributed by atoms with van der Waals surface area (Å²) in [6, 6.07) is 4.15. The fourth-order valence-corrected chi connectivity index (χ4v) is 3.21. The van der Waals surface area contributed by atoms with Crippen LogP contribution in [0.5, 0.6) is 0 Å². The first kappa shape index (κ1) is 24.2. The maximum Gasteiger partial charge on any atom is 0.191 e. The van der Waals surface area contributed by atoms with E-state index in [1.54, 1.807) is 6.26 Å². The summed E-state index contributed by atoms with van der Waals surface area (Å²) in [5.74, 6) is 1.84. The SMILES string of the molecule is CCNC(=NCC(c1ccco1)N(CC)CC)NCCN1CCOCC1.I. The second-order valence-electron chi connectivity index (χ2n) is 6.35. The maximum absolute atomic E-state index is 5.66. The van der Waals surface area contributed by atoms with Crippen LogP contribution in [0.1, 0.15) is 32.6 Å². The lowest BCUT2D eigenvalue weighted by Crippen LogP contribution is -2.44. The van der Waals surface area contributed by atoms with Gasteiger partial charge in [-0.05, 0) is 32.1 Å². The molecule has 2 rings (SSSR count). The molecule has 7 nitrogen and oxygen atoms in total. The summed E-state index contributed by atoms with van der Waals surface area (Å²) in [6.07, 6.45) is 1.74. The number of rotatable bonds is 10. The first-order valence-corrected chi connectivity index (χ1v) is 9.88. The van der Waals surface area contributed by atoms with Gasteiger partial charge in [-0.2, -0.15) is 0 Å². The van der Waals surface area contributed by atoms with Crippen molar-refractivity contribution in [3.63, 3.8) is 0 Å². The number of aliphatic imine (C=N–C) groups is 1. The van der Waals surface area contributed by atoms with E-state index in [1.807, 2.05) is 12.1 Å². The molecule has 27 heavy (non-hydrogen) atoms. The molecular formula is C19H36IN5O2. The highest BCUT2D eigenvalue weighted by Crippen LogP contribution is 2.21. The third-order valence-electron chi connectivity index (χ3n) is 4.72. The van der Waals surface area contributed by atoms with E-state index in [-0.39, 0.29) is 30.0 Å². The van der Waals surface area contributed by atoms with E-state index in [0.29, 0.717) is 6.54 Å². The standard InChI is InChI=1S/C19H35N5O2.HI/c1-4-20-19(21-9-10-23-11-14-25-15-12-23)22-16-17(24(5-2)6-3)18-8-7-13-26-18;/h7-8,13,17H,4-6,9-12,14-16H2,1-3H3,(H2,20,21,22);1H. The van der Waals surface area contributed by atoms with Gasteiger partial charge in [0.15, 0.2) is 5.96 Å². The van der Waals surface area contributed by atoms with Gasteiger partial charge in [0.2, 0.25) is 0 Å². The van der Waals surface area contributed by atoms with Crippen LogP contribution in [0, 0.1) is 0 Å². The number of ether oxygens (including phenoxy) is 1. The van der Waals surface area contributed by atoms with Gasteiger partial charge >= 0.3 is 0 Å². The summed E-state index contributed by atoms with van der Waals surface area (Å²) >= 11 is 0. The van der Waals surface area contributed by atoms with Gasteiger partial charge in [-0.15, -0.1) is 24.0 Å². The number of hydrogen-bond acceptors (Lipinski definition) is 5. The molecule has 8 heteroatoms. The van der Waals surface area contributed by atoms with E-state index in [2.05, 4.69) is 41.2 Å². The van der Waals surface area contributed by atoms with Crippen molar-refractivity contribution in [1.29, 1.82) is 0 Å². The minimum atomic E-state index is 0. The van der Waals surface area contributed by atoms with E-state index < -0.39 is 0 Å². The van der Waals surface area contributed by atoms with Gasteiger partial charge in [-0.3, -0.25) is 14.8 Å². The van der Waals surface area contributed by atoms with Crippen molar-refractivity contribution < 1.29 is 9.15 Å². The molecule has 0 aromatic carbocycles. The van der Waals surface area contributed by atoms with Gasteiger partial charge in [0.1, 0.15) is 5.76 Å². The van der Waals surface area contributed by atoms with Crippen LogP contribution in [0.4, 0.5) is 0 Å². The first-order chi connectivity index (χ1) is 12.8. The summed E-state index contributed by atoms with van der Waals surface area (Å²) < 4.78 is 11.1. The zero-order chi connectivity index (χ0) is 18.6. The summed E-state index contributed by atoms with van der Waals surface area (Å²) in [7, 11) is 0. The Balaban J connectivity index is 0.00000364. The van der Waals surface area contributed by atoms with Gasteiger partial charge in [0, 0.05) is 32.7 Å². The van der Waals surface area contributed by atoms with E-state index in [1.165, 1.54) is 0 Å². The Morgan fingerprint density at radius 2 is 1.96 bits per heavy atom. The van der Waals surface area contributed by atoms with Gasteiger partial charge in [0.05, 0.1) is 32.1 Å². The smallest absolute Gasteiger partial charge is 0.191 e. The molecule has 1 fully saturated rings. The highest BCUT2D eigenvalue weighted by molar-refractivity contribution is 14.0. The Hall–Kier alpha value is -0.840. The molecule has 156 valence electrons. The predicted molar refractivity (Wildman–Crippen MR) is 121 cm³/mol. The molecule has 0 spiro atoms. The number of hydrogen-bond donors (Lipinski definition) is 2. The Morgan fingerprint density at radius 1 is 1.22 bits per heavy atom. The molecule has 1 atom stereocenters. The number of likely N-dealkylation sites (N-methyl/N-ethyl adjacent to an activating group) is 1. The average molecular weight is 493 g/mol. The summed E-state index contributed by atoms with van der Waals surface area (Å²) in [5, 5.41) is 6.79. The van der Waals surface area contributed by atoms with Crippen LogP contribution in [0.15, 0.2) is 27.8 Å². The number of morpholine rings is 1. The minimum Gasteiger partial charge on any atom is -0.468 e. The second-order valence-corrected chi connectivity index (χ2v) is 6.35. The molecule has 1 aliphatic heterocycles. The van der Waals surface area contributed by atoms with Crippen LogP contribution in [0.3, 0.4) is 0 Å². The summed E-state index contributed by atoms with van der Waals surface area (Å²) in [4.78, 5) is 9.61. The minimum absolute atomic E-state index is 0. The van der Waals surface area contributed by atoms with Crippen molar-refractivity contribution in [3.8, 4) is 0 Å². The predicted octanol–water partition coefficient (Wildman–Crippen LogP) is 2.17. The van der Waals surface area contributed by atoms with Gasteiger partial charge in [-0.25, -0.2) is 0 Å². The topological polar surface area (TPSA) is 65.3 Å². The van der Waals surface area contributed by atoms with Crippen LogP contribution in [-0.2, 0) is 4.74 Å². The van der Waals surface area contributed by atoms with Gasteiger partial charge in [-0.1, -0.05) is 13.8 Å². The van der Waals surface area contributed by atoms with Crippen molar-refractivity contribution in [3.05, 3.63) is 24.2 Å². The highest BCUT2D eigenvalue weighted by Gasteiger charge is 2.20. The lowest BCUT2D eigenvalue weighted by Gasteiger charge is -2.28. The molecule has 1 aromatic rings. The molecule has 1 unspecified atom stereocenters. The quantitative estimate of drug-likeness (QED) is 0.296. The molecule has 0 amide bonds. The van der Waals surface area contributed by atoms with E-state index in [0.717, 1.165) is 70.7 Å². The largest absolute Gasteiger partial charge is 0.468 e. The Morgan fingerprint density at radius 3 is 2.56 bits per heavy atom. The van der Waals surface area contributed by atoms with E-state index in [4.69, 9.17) is 14.1 Å². The first-order valence-electron chi connectivity index (χ1n) is 9.88. The Bertz CT molecular complexity index is 502. The second kappa shape index (κ2) is 14.2. The zero-order valence-electron chi connectivity index (χ0n) is 16.9. The zero-order valence-corrected chi connectivity index (χ0v) is 19.3. The number of furan rings is 1. The van der Waals surface area contributed by atoms with Crippen molar-refractivity contribution in [1.82, 2.24) is 20.4 Å². The number of nitrogens with zero attached hydrogens (tertiary/aromatic N) is 3. The lowest BCUT2D eigenvalue weighted by atomic mass is 10.2. The van der Waals surface area contributed by atoms with Crippen molar-refractivity contribution in [2.24, 2.45) is 4.99 Å². The Kier molecular flexibility index (Phi) is 12.7. The molecule has 0 bridgehead atoms. The lowest BCUT2D eigenvalue weighted by molar-refractivity contribution is 0.0389. The molecule has 2 N–H and O–H groups in total. The molecular weight excluding hydrogens is 457 g/mol. The average Bonchev–Trinajstić information content (AvgIpc) is 3.20. The van der Waals surface area contributed by atoms with Crippen LogP contribution in [0.2, 0.25) is 0 Å². The number of guanidine groups is 1. The van der Waals surface area contributed by atoms with Crippen LogP contribution < -0.4 is 10.6 Å². The van der Waals surface area contributed by atoms with E-state index in [9.17, 15) is 0 Å². The highest BCUT2D eigenvalue weighted by atomic mass is 127. The normalized spacial score (nSPS) is 16.8. The van der Waals surface area contributed by atoms with E-state index >= 15 is 0 Å². The number of nitrogens with one attached hydrogen (secondary N) is 2. The molecule has 1 saturated heterocycles. The maximum atomic E-state index is 5.66.